The quantitative estimate of drug-likeness (QED) is 0.0572. The number of aliphatic hydroxyl groups is 1. The van der Waals surface area contributed by atoms with Crippen molar-refractivity contribution in [2.75, 3.05) is 6.61 Å². The van der Waals surface area contributed by atoms with Gasteiger partial charge in [0.2, 0.25) is 0 Å². The van der Waals surface area contributed by atoms with E-state index in [1.165, 1.54) is 13.0 Å². The third-order valence-corrected chi connectivity index (χ3v) is 9.12. The number of benzene rings is 2. The first-order chi connectivity index (χ1) is 25.5. The van der Waals surface area contributed by atoms with Crippen molar-refractivity contribution < 1.29 is 47.9 Å². The van der Waals surface area contributed by atoms with Gasteiger partial charge in [-0.05, 0) is 23.6 Å². The van der Waals surface area contributed by atoms with Crippen molar-refractivity contribution >= 4 is 87.4 Å². The molecule has 0 bridgehead atoms. The molecule has 15 nitrogen and oxygen atoms in total. The van der Waals surface area contributed by atoms with Crippen molar-refractivity contribution in [2.45, 2.75) is 88.9 Å². The van der Waals surface area contributed by atoms with Gasteiger partial charge in [0.1, 0.15) is 30.9 Å². The van der Waals surface area contributed by atoms with Crippen LogP contribution < -0.4 is 10.6 Å². The molecule has 0 spiro atoms. The maximum Gasteiger partial charge on any atom is 0.338 e. The smallest absolute Gasteiger partial charge is 0.338 e. The summed E-state index contributed by atoms with van der Waals surface area (Å²) in [6, 6.07) is 13.1. The largest absolute Gasteiger partial charge is 0.459 e. The second kappa shape index (κ2) is 20.0. The topological polar surface area (TPSA) is 200 Å². The van der Waals surface area contributed by atoms with Gasteiger partial charge in [-0.1, -0.05) is 141 Å². The van der Waals surface area contributed by atoms with E-state index in [4.69, 9.17) is 98.0 Å². The van der Waals surface area contributed by atoms with Crippen molar-refractivity contribution in [2.24, 2.45) is 5.11 Å². The van der Waals surface area contributed by atoms with Crippen LogP contribution in [0.3, 0.4) is 0 Å². The third kappa shape index (κ3) is 12.0. The average Bonchev–Trinajstić information content (AvgIpc) is 3.13. The predicted molar refractivity (Wildman–Crippen MR) is 199 cm³/mol. The number of halogens is 6. The number of hydrogen-bond acceptors (Lipinski definition) is 11. The zero-order valence-electron chi connectivity index (χ0n) is 28.2. The van der Waals surface area contributed by atoms with Crippen molar-refractivity contribution in [3.05, 3.63) is 94.9 Å². The zero-order chi connectivity index (χ0) is 39.6. The highest BCUT2D eigenvalue weighted by Gasteiger charge is 2.55. The first-order valence-electron chi connectivity index (χ1n) is 16.1. The minimum absolute atomic E-state index is 0.102. The fraction of sp³-hybridized carbons (Fsp3) is 0.485. The summed E-state index contributed by atoms with van der Waals surface area (Å²) >= 11 is 35.4. The predicted octanol–water partition coefficient (Wildman–Crippen LogP) is 5.12. The molecule has 0 unspecified atom stereocenters. The number of ether oxygens (including phenoxy) is 6. The number of carbonyl (C=O) groups is 3. The molecule has 3 N–H and O–H groups in total. The molecule has 2 amide bonds. The number of carbonyl (C=O) groups excluding carboxylic acids is 3. The lowest BCUT2D eigenvalue weighted by Crippen LogP contribution is -2.70. The lowest BCUT2D eigenvalue weighted by Gasteiger charge is -2.49. The van der Waals surface area contributed by atoms with E-state index in [-0.39, 0.29) is 19.8 Å². The molecule has 0 radical (unpaired) electrons. The summed E-state index contributed by atoms with van der Waals surface area (Å²) in [5, 5.41) is 20.5. The molecule has 4 rings (SSSR count). The van der Waals surface area contributed by atoms with Crippen molar-refractivity contribution in [3.8, 4) is 0 Å². The normalized spacial score (nSPS) is 28.6. The summed E-state index contributed by atoms with van der Waals surface area (Å²) in [4.78, 5) is 42.8. The molecule has 2 aliphatic rings. The molecule has 2 saturated heterocycles. The number of amides is 2. The molecule has 0 aliphatic carbocycles. The summed E-state index contributed by atoms with van der Waals surface area (Å²) in [7, 11) is 0. The van der Waals surface area contributed by atoms with Gasteiger partial charge >= 0.3 is 5.97 Å². The molecule has 294 valence electrons. The second-order valence-electron chi connectivity index (χ2n) is 11.9. The molecule has 2 aromatic rings. The van der Waals surface area contributed by atoms with Crippen LogP contribution in [0, 0.1) is 0 Å². The molecule has 54 heavy (non-hydrogen) atoms. The lowest BCUT2D eigenvalue weighted by atomic mass is 9.93. The Hall–Kier alpha value is -2.60. The minimum atomic E-state index is -2.55. The van der Waals surface area contributed by atoms with Crippen LogP contribution in [0.1, 0.15) is 18.1 Å². The van der Waals surface area contributed by atoms with Gasteiger partial charge in [0.05, 0.1) is 31.5 Å². The highest BCUT2D eigenvalue weighted by atomic mass is 35.6. The summed E-state index contributed by atoms with van der Waals surface area (Å²) in [6.45, 7) is 4.68. The van der Waals surface area contributed by atoms with Crippen molar-refractivity contribution in [1.29, 1.82) is 0 Å². The molecule has 0 aromatic heterocycles. The first-order valence-corrected chi connectivity index (χ1v) is 18.3. The minimum Gasteiger partial charge on any atom is -0.459 e. The maximum atomic E-state index is 13.7. The number of azide groups is 1. The number of esters is 1. The third-order valence-electron chi connectivity index (χ3n) is 8.09. The van der Waals surface area contributed by atoms with Crippen LogP contribution in [0.15, 0.2) is 78.4 Å². The maximum absolute atomic E-state index is 13.7. The second-order valence-corrected chi connectivity index (χ2v) is 16.5. The number of aliphatic hydroxyl groups excluding tert-OH is 1. The van der Waals surface area contributed by atoms with E-state index >= 15 is 0 Å². The summed E-state index contributed by atoms with van der Waals surface area (Å²) in [6.07, 6.45) is -9.44. The Kier molecular flexibility index (Phi) is 16.3. The fourth-order valence-corrected chi connectivity index (χ4v) is 5.89. The van der Waals surface area contributed by atoms with Gasteiger partial charge in [-0.15, -0.1) is 6.58 Å². The number of hydrogen-bond donors (Lipinski definition) is 3. The first kappa shape index (κ1) is 44.1. The number of nitrogens with one attached hydrogen (secondary N) is 2. The van der Waals surface area contributed by atoms with E-state index < -0.39 is 86.6 Å². The van der Waals surface area contributed by atoms with Crippen LogP contribution in [-0.2, 0) is 56.0 Å². The van der Waals surface area contributed by atoms with Crippen LogP contribution in [0.4, 0.5) is 0 Å². The average molecular weight is 874 g/mol. The Labute approximate surface area is 339 Å². The molecule has 0 saturated carbocycles. The highest BCUT2D eigenvalue weighted by Crippen LogP contribution is 2.35. The monoisotopic (exact) mass is 871 g/mol. The summed E-state index contributed by atoms with van der Waals surface area (Å²) in [5.74, 6) is -3.39. The van der Waals surface area contributed by atoms with Crippen LogP contribution in [0.25, 0.3) is 10.4 Å². The van der Waals surface area contributed by atoms with E-state index in [0.717, 1.165) is 0 Å². The van der Waals surface area contributed by atoms with E-state index in [9.17, 15) is 25.0 Å². The van der Waals surface area contributed by atoms with E-state index in [2.05, 4.69) is 27.2 Å². The van der Waals surface area contributed by atoms with E-state index in [0.29, 0.717) is 11.1 Å². The van der Waals surface area contributed by atoms with Crippen LogP contribution in [0.2, 0.25) is 0 Å². The standard InChI is InChI=1S/C33H35Cl6N5O10/c1-3-14-49-28-21(41-30(47)32(34,35)36)24(20(43-44-40)17(2)52-28)53-29-22(42-31(48)33(37,38)39)25(50-15-18-10-6-4-7-11-18)23(45)26(54-29)27(46)51-16-19-12-8-5-9-13-19/h3-13,17,20-26,28-29,45H,1,14-16H2,2H3,(H,41,47)(H,42,48)/t17-,20+,21-,22-,23-,24+,25-,26-,28-,29-/m1/s1. The van der Waals surface area contributed by atoms with Crippen LogP contribution >= 0.6 is 69.6 Å². The van der Waals surface area contributed by atoms with Crippen molar-refractivity contribution in [3.63, 3.8) is 0 Å². The SMILES string of the molecule is C=CCO[C@@H]1O[C@H](C)[C@H](N=[N+]=[N-])[C@H](O[C@@H]2O[C@@H](C(=O)OCc3ccccc3)[C@H](O)[C@H](OCc3ccccc3)[C@H]2NC(=O)C(Cl)(Cl)Cl)[C@H]1NC(=O)C(Cl)(Cl)Cl. The number of alkyl halides is 6. The van der Waals surface area contributed by atoms with Gasteiger partial charge in [-0.25, -0.2) is 4.79 Å². The van der Waals surface area contributed by atoms with Crippen molar-refractivity contribution in [1.82, 2.24) is 10.6 Å². The Morgan fingerprint density at radius 1 is 0.870 bits per heavy atom. The van der Waals surface area contributed by atoms with Crippen LogP contribution in [-0.4, -0.2) is 98.3 Å². The number of rotatable bonds is 14. The fourth-order valence-electron chi connectivity index (χ4n) is 5.56. The molecular weight excluding hydrogens is 839 g/mol. The van der Waals surface area contributed by atoms with Gasteiger partial charge < -0.3 is 44.2 Å². The Morgan fingerprint density at radius 3 is 1.93 bits per heavy atom. The van der Waals surface area contributed by atoms with E-state index in [1.54, 1.807) is 60.7 Å². The van der Waals surface area contributed by atoms with Gasteiger partial charge in [-0.3, -0.25) is 9.59 Å². The molecular formula is C33H35Cl6N5O10. The molecule has 2 heterocycles. The molecule has 2 aromatic carbocycles. The van der Waals surface area contributed by atoms with Gasteiger partial charge in [-0.2, -0.15) is 0 Å². The Balaban J connectivity index is 1.81. The highest BCUT2D eigenvalue weighted by molar-refractivity contribution is 6.76. The molecule has 21 heteroatoms. The van der Waals surface area contributed by atoms with Gasteiger partial charge in [0.25, 0.3) is 19.4 Å². The Bertz CT molecular complexity index is 1630. The summed E-state index contributed by atoms with van der Waals surface area (Å²) < 4.78 is 30.8. The number of nitrogens with zero attached hydrogens (tertiary/aromatic N) is 3. The van der Waals surface area contributed by atoms with Crippen LogP contribution in [0.5, 0.6) is 0 Å². The Morgan fingerprint density at radius 2 is 1.41 bits per heavy atom. The molecule has 2 aliphatic heterocycles. The molecule has 10 atom stereocenters. The summed E-state index contributed by atoms with van der Waals surface area (Å²) in [5.41, 5.74) is 10.8. The van der Waals surface area contributed by atoms with E-state index in [1.807, 2.05) is 0 Å². The molecule has 2 fully saturated rings. The van der Waals surface area contributed by atoms with Gasteiger partial charge in [0, 0.05) is 4.91 Å². The zero-order valence-corrected chi connectivity index (χ0v) is 32.7. The van der Waals surface area contributed by atoms with Gasteiger partial charge in [0.15, 0.2) is 18.7 Å². The lowest BCUT2D eigenvalue weighted by molar-refractivity contribution is -0.309.